The molecule has 1 aromatic heterocycles. The van der Waals surface area contributed by atoms with E-state index in [0.717, 1.165) is 0 Å². The molecule has 1 aromatic carbocycles. The highest BCUT2D eigenvalue weighted by atomic mass is 35.5. The summed E-state index contributed by atoms with van der Waals surface area (Å²) in [5.74, 6) is 0.0240. The topological polar surface area (TPSA) is 117 Å². The molecule has 0 bridgehead atoms. The van der Waals surface area contributed by atoms with Crippen molar-refractivity contribution < 1.29 is 14.5 Å². The Morgan fingerprint density at radius 3 is 2.40 bits per heavy atom. The van der Waals surface area contributed by atoms with Gasteiger partial charge in [0.2, 0.25) is 11.8 Å². The van der Waals surface area contributed by atoms with Crippen molar-refractivity contribution in [2.75, 3.05) is 23.7 Å². The van der Waals surface area contributed by atoms with Crippen LogP contribution in [0.3, 0.4) is 0 Å². The van der Waals surface area contributed by atoms with Crippen molar-refractivity contribution in [2.45, 2.75) is 25.8 Å². The summed E-state index contributed by atoms with van der Waals surface area (Å²) in [6.07, 6.45) is 2.74. The number of carbonyl (C=O) groups excluding carboxylic acids is 2. The Balaban J connectivity index is 1.48. The molecule has 1 aliphatic heterocycles. The van der Waals surface area contributed by atoms with Gasteiger partial charge in [-0.05, 0) is 57.1 Å². The molecule has 2 aromatic rings. The second kappa shape index (κ2) is 9.64. The summed E-state index contributed by atoms with van der Waals surface area (Å²) >= 11 is 5.80. The number of halogens is 1. The molecule has 158 valence electrons. The standard InChI is InChI=1S/C20H22ClN5O4/c1-13(19(27)23-16-3-5-17(6-4-16)26(29)30)25-10-8-14(9-11-25)20(28)24-18-7-2-15(21)12-22-18/h2-7,12-14H,8-11H2,1H3,(H,23,27)(H,22,24,28). The van der Waals surface area contributed by atoms with E-state index in [0.29, 0.717) is 42.5 Å². The van der Waals surface area contributed by atoms with Crippen LogP contribution in [0.2, 0.25) is 5.02 Å². The number of anilines is 2. The smallest absolute Gasteiger partial charge is 0.269 e. The van der Waals surface area contributed by atoms with Crippen LogP contribution < -0.4 is 10.6 Å². The van der Waals surface area contributed by atoms with Crippen LogP contribution in [0.4, 0.5) is 17.2 Å². The van der Waals surface area contributed by atoms with Crippen LogP contribution in [0, 0.1) is 16.0 Å². The Kier molecular flexibility index (Phi) is 6.96. The van der Waals surface area contributed by atoms with Gasteiger partial charge < -0.3 is 10.6 Å². The molecular formula is C20H22ClN5O4. The third-order valence-corrected chi connectivity index (χ3v) is 5.38. The van der Waals surface area contributed by atoms with Crippen molar-refractivity contribution in [3.05, 3.63) is 57.7 Å². The van der Waals surface area contributed by atoms with Gasteiger partial charge >= 0.3 is 0 Å². The lowest BCUT2D eigenvalue weighted by atomic mass is 9.95. The number of nitro benzene ring substituents is 1. The fourth-order valence-corrected chi connectivity index (χ4v) is 3.42. The number of piperidine rings is 1. The van der Waals surface area contributed by atoms with Crippen LogP contribution in [0.5, 0.6) is 0 Å². The van der Waals surface area contributed by atoms with E-state index in [2.05, 4.69) is 15.6 Å². The number of benzene rings is 1. The number of hydrogen-bond acceptors (Lipinski definition) is 6. The molecule has 1 atom stereocenters. The highest BCUT2D eigenvalue weighted by Gasteiger charge is 2.30. The van der Waals surface area contributed by atoms with Crippen molar-refractivity contribution in [1.82, 2.24) is 9.88 Å². The Bertz CT molecular complexity index is 912. The minimum atomic E-state index is -0.489. The Morgan fingerprint density at radius 1 is 1.17 bits per heavy atom. The van der Waals surface area contributed by atoms with Gasteiger partial charge in [0.1, 0.15) is 5.82 Å². The van der Waals surface area contributed by atoms with Gasteiger partial charge in [-0.2, -0.15) is 0 Å². The van der Waals surface area contributed by atoms with Gasteiger partial charge in [-0.1, -0.05) is 11.6 Å². The molecule has 0 spiro atoms. The zero-order valence-electron chi connectivity index (χ0n) is 16.4. The Morgan fingerprint density at radius 2 is 1.83 bits per heavy atom. The van der Waals surface area contributed by atoms with Gasteiger partial charge in [0.05, 0.1) is 16.0 Å². The first kappa shape index (κ1) is 21.7. The third kappa shape index (κ3) is 5.52. The second-order valence-electron chi connectivity index (χ2n) is 7.13. The van der Waals surface area contributed by atoms with Crippen molar-refractivity contribution in [2.24, 2.45) is 5.92 Å². The SMILES string of the molecule is CC(C(=O)Nc1ccc([N+](=O)[O-])cc1)N1CCC(C(=O)Nc2ccc(Cl)cn2)CC1. The van der Waals surface area contributed by atoms with Gasteiger partial charge in [0, 0.05) is 29.9 Å². The molecule has 30 heavy (non-hydrogen) atoms. The molecular weight excluding hydrogens is 410 g/mol. The normalized spacial score (nSPS) is 15.9. The van der Waals surface area contributed by atoms with Crippen LogP contribution in [0.1, 0.15) is 19.8 Å². The van der Waals surface area contributed by atoms with E-state index in [-0.39, 0.29) is 29.5 Å². The number of hydrogen-bond donors (Lipinski definition) is 2. The van der Waals surface area contributed by atoms with Gasteiger partial charge in [0.25, 0.3) is 5.69 Å². The molecule has 10 heteroatoms. The van der Waals surface area contributed by atoms with Crippen LogP contribution in [0.15, 0.2) is 42.6 Å². The van der Waals surface area contributed by atoms with Gasteiger partial charge in [-0.15, -0.1) is 0 Å². The monoisotopic (exact) mass is 431 g/mol. The fourth-order valence-electron chi connectivity index (χ4n) is 3.31. The van der Waals surface area contributed by atoms with E-state index in [1.165, 1.54) is 30.5 Å². The van der Waals surface area contributed by atoms with Crippen LogP contribution in [-0.4, -0.2) is 45.8 Å². The highest BCUT2D eigenvalue weighted by molar-refractivity contribution is 6.30. The molecule has 1 fully saturated rings. The maximum atomic E-state index is 12.5. The summed E-state index contributed by atoms with van der Waals surface area (Å²) < 4.78 is 0. The average Bonchev–Trinajstić information content (AvgIpc) is 2.75. The third-order valence-electron chi connectivity index (χ3n) is 5.15. The molecule has 0 aliphatic carbocycles. The number of pyridine rings is 1. The number of carbonyl (C=O) groups is 2. The summed E-state index contributed by atoms with van der Waals surface area (Å²) in [5, 5.41) is 16.8. The van der Waals surface area contributed by atoms with Gasteiger partial charge in [-0.25, -0.2) is 4.98 Å². The van der Waals surface area contributed by atoms with Crippen molar-refractivity contribution in [1.29, 1.82) is 0 Å². The quantitative estimate of drug-likeness (QED) is 0.535. The minimum absolute atomic E-state index is 0.0322. The molecule has 1 saturated heterocycles. The van der Waals surface area contributed by atoms with Crippen LogP contribution in [0.25, 0.3) is 0 Å². The predicted molar refractivity (Wildman–Crippen MR) is 113 cm³/mol. The Labute approximate surface area is 178 Å². The molecule has 2 amide bonds. The minimum Gasteiger partial charge on any atom is -0.325 e. The predicted octanol–water partition coefficient (Wildman–Crippen LogP) is 3.32. The molecule has 2 heterocycles. The van der Waals surface area contributed by atoms with E-state index < -0.39 is 4.92 Å². The van der Waals surface area contributed by atoms with E-state index in [1.54, 1.807) is 19.1 Å². The van der Waals surface area contributed by atoms with Gasteiger partial charge in [0.15, 0.2) is 0 Å². The van der Waals surface area contributed by atoms with Crippen molar-refractivity contribution >= 4 is 40.6 Å². The van der Waals surface area contributed by atoms with Crippen molar-refractivity contribution in [3.8, 4) is 0 Å². The first-order chi connectivity index (χ1) is 14.3. The number of likely N-dealkylation sites (tertiary alicyclic amines) is 1. The molecule has 2 N–H and O–H groups in total. The molecule has 1 unspecified atom stereocenters. The lowest BCUT2D eigenvalue weighted by Gasteiger charge is -2.34. The lowest BCUT2D eigenvalue weighted by molar-refractivity contribution is -0.384. The number of non-ortho nitro benzene ring substituents is 1. The Hall–Kier alpha value is -3.04. The summed E-state index contributed by atoms with van der Waals surface area (Å²) in [6.45, 7) is 3.03. The van der Waals surface area contributed by atoms with Crippen molar-refractivity contribution in [3.63, 3.8) is 0 Å². The number of nitro groups is 1. The van der Waals surface area contributed by atoms with Crippen LogP contribution >= 0.6 is 11.6 Å². The first-order valence-corrected chi connectivity index (χ1v) is 9.93. The molecule has 1 aliphatic rings. The van der Waals surface area contributed by atoms with E-state index in [1.807, 2.05) is 4.90 Å². The number of amides is 2. The summed E-state index contributed by atoms with van der Waals surface area (Å²) in [4.78, 5) is 41.3. The zero-order chi connectivity index (χ0) is 21.7. The second-order valence-corrected chi connectivity index (χ2v) is 7.57. The molecule has 9 nitrogen and oxygen atoms in total. The van der Waals surface area contributed by atoms with E-state index in [4.69, 9.17) is 11.6 Å². The first-order valence-electron chi connectivity index (χ1n) is 9.55. The van der Waals surface area contributed by atoms with E-state index in [9.17, 15) is 19.7 Å². The maximum Gasteiger partial charge on any atom is 0.269 e. The summed E-state index contributed by atoms with van der Waals surface area (Å²) in [6, 6.07) is 8.63. The number of aromatic nitrogens is 1. The fraction of sp³-hybridized carbons (Fsp3) is 0.350. The molecule has 0 radical (unpaired) electrons. The maximum absolute atomic E-state index is 12.5. The zero-order valence-corrected chi connectivity index (χ0v) is 17.1. The highest BCUT2D eigenvalue weighted by Crippen LogP contribution is 2.22. The molecule has 3 rings (SSSR count). The summed E-state index contributed by atoms with van der Waals surface area (Å²) in [5.41, 5.74) is 0.470. The number of nitrogens with zero attached hydrogens (tertiary/aromatic N) is 3. The lowest BCUT2D eigenvalue weighted by Crippen LogP contribution is -2.47. The molecule has 0 saturated carbocycles. The summed E-state index contributed by atoms with van der Waals surface area (Å²) in [7, 11) is 0. The number of rotatable bonds is 6. The largest absolute Gasteiger partial charge is 0.325 e. The van der Waals surface area contributed by atoms with E-state index >= 15 is 0 Å². The number of nitrogens with one attached hydrogen (secondary N) is 2. The van der Waals surface area contributed by atoms with Gasteiger partial charge in [-0.3, -0.25) is 24.6 Å². The van der Waals surface area contributed by atoms with Crippen LogP contribution in [-0.2, 0) is 9.59 Å². The average molecular weight is 432 g/mol.